The molecule has 8 heteroatoms. The van der Waals surface area contributed by atoms with Crippen LogP contribution < -0.4 is 10.4 Å². The van der Waals surface area contributed by atoms with Crippen molar-refractivity contribution in [3.8, 4) is 0 Å². The first-order valence-electron chi connectivity index (χ1n) is 7.83. The van der Waals surface area contributed by atoms with Crippen molar-refractivity contribution in [1.82, 2.24) is 5.32 Å². The molecule has 2 amide bonds. The molecule has 1 aliphatic heterocycles. The Kier molecular flexibility index (Phi) is 4.25. The van der Waals surface area contributed by atoms with E-state index in [0.29, 0.717) is 18.5 Å². The number of carbonyl (C=O) groups excluding carboxylic acids is 2. The van der Waals surface area contributed by atoms with Gasteiger partial charge in [-0.3, -0.25) is 14.9 Å². The fourth-order valence-corrected chi connectivity index (χ4v) is 4.85. The molecule has 1 saturated carbocycles. The Bertz CT molecular complexity index is 779. The molecule has 1 heterocycles. The Morgan fingerprint density at radius 1 is 1.33 bits per heavy atom. The summed E-state index contributed by atoms with van der Waals surface area (Å²) in [7, 11) is -2.67. The highest BCUT2D eigenvalue weighted by Gasteiger charge is 2.58. The monoisotopic (exact) mass is 372 g/mol. The lowest BCUT2D eigenvalue weighted by molar-refractivity contribution is -0.126. The molecule has 1 saturated heterocycles. The molecule has 2 aliphatic rings. The minimum atomic E-state index is -2.67. The van der Waals surface area contributed by atoms with Crippen molar-refractivity contribution < 1.29 is 18.5 Å². The van der Waals surface area contributed by atoms with E-state index in [1.165, 1.54) is 19.4 Å². The van der Waals surface area contributed by atoms with E-state index < -0.39 is 30.3 Å². The SMILES string of the molecule is CP(C)(=O)Nc1cc(C23CCCCC2C(=O)NC3=O)c(F)cc1Cl. The van der Waals surface area contributed by atoms with Crippen LogP contribution in [-0.2, 0) is 19.6 Å². The number of carbonyl (C=O) groups is 2. The van der Waals surface area contributed by atoms with E-state index in [4.69, 9.17) is 11.6 Å². The van der Waals surface area contributed by atoms with Crippen LogP contribution in [0.3, 0.4) is 0 Å². The molecular formula is C16H19ClFN2O3P. The van der Waals surface area contributed by atoms with Crippen molar-refractivity contribution in [3.63, 3.8) is 0 Å². The zero-order valence-electron chi connectivity index (χ0n) is 13.5. The number of benzene rings is 1. The molecule has 1 aromatic carbocycles. The number of hydrogen-bond acceptors (Lipinski definition) is 3. The van der Waals surface area contributed by atoms with Crippen molar-refractivity contribution in [2.45, 2.75) is 31.1 Å². The van der Waals surface area contributed by atoms with Gasteiger partial charge in [-0.25, -0.2) is 4.39 Å². The molecule has 0 bridgehead atoms. The minimum absolute atomic E-state index is 0.0914. The zero-order valence-corrected chi connectivity index (χ0v) is 15.1. The van der Waals surface area contributed by atoms with Crippen LogP contribution in [0.4, 0.5) is 10.1 Å². The molecule has 1 aliphatic carbocycles. The highest BCUT2D eigenvalue weighted by atomic mass is 35.5. The lowest BCUT2D eigenvalue weighted by Crippen LogP contribution is -2.42. The van der Waals surface area contributed by atoms with Gasteiger partial charge in [0.25, 0.3) is 0 Å². The maximum absolute atomic E-state index is 14.7. The van der Waals surface area contributed by atoms with E-state index in [2.05, 4.69) is 10.4 Å². The van der Waals surface area contributed by atoms with Gasteiger partial charge in [0.05, 0.1) is 22.0 Å². The number of amides is 2. The van der Waals surface area contributed by atoms with Crippen LogP contribution in [0.15, 0.2) is 12.1 Å². The van der Waals surface area contributed by atoms with E-state index in [9.17, 15) is 18.5 Å². The van der Waals surface area contributed by atoms with E-state index in [1.807, 2.05) is 0 Å². The summed E-state index contributed by atoms with van der Waals surface area (Å²) in [5.74, 6) is -2.00. The van der Waals surface area contributed by atoms with Crippen molar-refractivity contribution in [2.75, 3.05) is 18.4 Å². The van der Waals surface area contributed by atoms with Crippen LogP contribution in [0.25, 0.3) is 0 Å². The van der Waals surface area contributed by atoms with Gasteiger partial charge in [0.1, 0.15) is 5.82 Å². The molecule has 24 heavy (non-hydrogen) atoms. The largest absolute Gasteiger partial charge is 0.335 e. The number of rotatable bonds is 3. The van der Waals surface area contributed by atoms with Crippen LogP contribution in [0.1, 0.15) is 31.2 Å². The second-order valence-electron chi connectivity index (χ2n) is 6.86. The normalized spacial score (nSPS) is 26.9. The molecule has 3 rings (SSSR count). The van der Waals surface area contributed by atoms with Gasteiger partial charge in [-0.15, -0.1) is 0 Å². The second-order valence-corrected chi connectivity index (χ2v) is 10.2. The number of hydrogen-bond donors (Lipinski definition) is 2. The Labute approximate surface area is 144 Å². The fraction of sp³-hybridized carbons (Fsp3) is 0.500. The Balaban J connectivity index is 2.17. The van der Waals surface area contributed by atoms with Crippen molar-refractivity contribution >= 4 is 36.4 Å². The third-order valence-corrected chi connectivity index (χ3v) is 5.89. The molecule has 5 nitrogen and oxygen atoms in total. The molecule has 0 radical (unpaired) electrons. The average Bonchev–Trinajstić information content (AvgIpc) is 2.73. The van der Waals surface area contributed by atoms with Gasteiger partial charge in [0.15, 0.2) is 7.29 Å². The van der Waals surface area contributed by atoms with Gasteiger partial charge in [-0.2, -0.15) is 0 Å². The first-order chi connectivity index (χ1) is 11.1. The van der Waals surface area contributed by atoms with Crippen molar-refractivity contribution in [1.29, 1.82) is 0 Å². The van der Waals surface area contributed by atoms with E-state index in [-0.39, 0.29) is 16.5 Å². The van der Waals surface area contributed by atoms with Crippen molar-refractivity contribution in [3.05, 3.63) is 28.5 Å². The van der Waals surface area contributed by atoms with Crippen LogP contribution in [0.5, 0.6) is 0 Å². The summed E-state index contributed by atoms with van der Waals surface area (Å²) in [6, 6.07) is 2.55. The first-order valence-corrected chi connectivity index (χ1v) is 10.8. The summed E-state index contributed by atoms with van der Waals surface area (Å²) >= 11 is 6.06. The van der Waals surface area contributed by atoms with Gasteiger partial charge < -0.3 is 9.65 Å². The van der Waals surface area contributed by atoms with Gasteiger partial charge in [0, 0.05) is 18.9 Å². The Morgan fingerprint density at radius 2 is 2.04 bits per heavy atom. The highest BCUT2D eigenvalue weighted by Crippen LogP contribution is 2.50. The molecular weight excluding hydrogens is 354 g/mol. The van der Waals surface area contributed by atoms with Crippen LogP contribution in [-0.4, -0.2) is 25.1 Å². The summed E-state index contributed by atoms with van der Waals surface area (Å²) in [5, 5.41) is 5.25. The Hall–Kier alpha value is -1.39. The van der Waals surface area contributed by atoms with Crippen LogP contribution in [0.2, 0.25) is 5.02 Å². The number of nitrogens with one attached hydrogen (secondary N) is 2. The maximum Gasteiger partial charge on any atom is 0.238 e. The third-order valence-electron chi connectivity index (χ3n) is 4.79. The molecule has 0 aromatic heterocycles. The quantitative estimate of drug-likeness (QED) is 0.629. The lowest BCUT2D eigenvalue weighted by Gasteiger charge is -2.36. The Morgan fingerprint density at radius 3 is 2.71 bits per heavy atom. The molecule has 0 spiro atoms. The lowest BCUT2D eigenvalue weighted by atomic mass is 9.63. The summed E-state index contributed by atoms with van der Waals surface area (Å²) in [6.45, 7) is 3.06. The molecule has 2 unspecified atom stereocenters. The fourth-order valence-electron chi connectivity index (χ4n) is 3.82. The third kappa shape index (κ3) is 2.76. The first kappa shape index (κ1) is 17.4. The standard InChI is InChI=1S/C16H19ClFN2O3P/c1-24(2,23)20-13-7-10(12(18)8-11(13)17)16-6-4-3-5-9(16)14(21)19-15(16)22/h7-9H,3-6H2,1-2H3,(H,20,23)(H,19,21,22). The van der Waals surface area contributed by atoms with E-state index in [1.54, 1.807) is 0 Å². The number of imide groups is 1. The summed E-state index contributed by atoms with van der Waals surface area (Å²) < 4.78 is 26.8. The molecule has 2 N–H and O–H groups in total. The molecule has 130 valence electrons. The second kappa shape index (κ2) is 5.85. The van der Waals surface area contributed by atoms with Gasteiger partial charge in [-0.1, -0.05) is 24.4 Å². The average molecular weight is 373 g/mol. The van der Waals surface area contributed by atoms with Gasteiger partial charge >= 0.3 is 0 Å². The number of anilines is 1. The van der Waals surface area contributed by atoms with Gasteiger partial charge in [0.2, 0.25) is 11.8 Å². The molecule has 2 atom stereocenters. The van der Waals surface area contributed by atoms with Crippen molar-refractivity contribution in [2.24, 2.45) is 5.92 Å². The highest BCUT2D eigenvalue weighted by molar-refractivity contribution is 7.63. The van der Waals surface area contributed by atoms with E-state index >= 15 is 0 Å². The van der Waals surface area contributed by atoms with E-state index in [0.717, 1.165) is 18.9 Å². The minimum Gasteiger partial charge on any atom is -0.335 e. The number of fused-ring (bicyclic) bond motifs is 1. The predicted octanol–water partition coefficient (Wildman–Crippen LogP) is 3.51. The molecule has 1 aromatic rings. The summed E-state index contributed by atoms with van der Waals surface area (Å²) in [4.78, 5) is 24.7. The summed E-state index contributed by atoms with van der Waals surface area (Å²) in [6.07, 6.45) is 2.51. The smallest absolute Gasteiger partial charge is 0.238 e. The van der Waals surface area contributed by atoms with Gasteiger partial charge in [-0.05, 0) is 25.0 Å². The topological polar surface area (TPSA) is 75.3 Å². The van der Waals surface area contributed by atoms with Crippen LogP contribution in [0, 0.1) is 11.7 Å². The maximum atomic E-state index is 14.7. The zero-order chi connectivity index (χ0) is 17.7. The predicted molar refractivity (Wildman–Crippen MR) is 91.3 cm³/mol. The summed E-state index contributed by atoms with van der Waals surface area (Å²) in [5.41, 5.74) is -0.741. The van der Waals surface area contributed by atoms with Crippen LogP contribution >= 0.6 is 18.9 Å². The molecule has 2 fully saturated rings. The number of halogens is 2.